The van der Waals surface area contributed by atoms with Gasteiger partial charge in [0, 0.05) is 22.3 Å². The van der Waals surface area contributed by atoms with E-state index in [0.29, 0.717) is 27.0 Å². The molecular formula is C25H20BrN3O7. The van der Waals surface area contributed by atoms with E-state index >= 15 is 0 Å². The lowest BCUT2D eigenvalue weighted by Gasteiger charge is -2.13. The lowest BCUT2D eigenvalue weighted by atomic mass is 10.1. The van der Waals surface area contributed by atoms with E-state index in [1.165, 1.54) is 68.8 Å². The highest BCUT2D eigenvalue weighted by Crippen LogP contribution is 2.23. The Balaban J connectivity index is 1.94. The lowest BCUT2D eigenvalue weighted by molar-refractivity contribution is -0.384. The molecule has 3 rings (SSSR count). The van der Waals surface area contributed by atoms with Gasteiger partial charge in [0.25, 0.3) is 17.5 Å². The molecule has 0 saturated heterocycles. The quantitative estimate of drug-likeness (QED) is 0.180. The Kier molecular flexibility index (Phi) is 8.52. The Hall–Kier alpha value is -4.51. The molecule has 0 aliphatic rings. The highest BCUT2D eigenvalue weighted by Gasteiger charge is 2.18. The monoisotopic (exact) mass is 553 g/mol. The second-order valence-electron chi connectivity index (χ2n) is 7.23. The number of nitrogens with zero attached hydrogens (tertiary/aromatic N) is 1. The van der Waals surface area contributed by atoms with Crippen molar-refractivity contribution in [2.75, 3.05) is 19.5 Å². The minimum atomic E-state index is -0.695. The number of nitro benzene ring substituents is 1. The van der Waals surface area contributed by atoms with Gasteiger partial charge in [-0.3, -0.25) is 19.7 Å². The van der Waals surface area contributed by atoms with Crippen LogP contribution in [-0.2, 0) is 9.53 Å². The molecular weight excluding hydrogens is 534 g/mol. The molecule has 0 aliphatic carbocycles. The van der Waals surface area contributed by atoms with Gasteiger partial charge in [0.2, 0.25) is 0 Å². The van der Waals surface area contributed by atoms with Crippen molar-refractivity contribution in [3.8, 4) is 5.75 Å². The topological polar surface area (TPSA) is 137 Å². The fourth-order valence-electron chi connectivity index (χ4n) is 3.05. The van der Waals surface area contributed by atoms with E-state index in [1.54, 1.807) is 18.2 Å². The molecule has 0 fully saturated rings. The normalized spacial score (nSPS) is 10.8. The third-order valence-corrected chi connectivity index (χ3v) is 5.56. The number of carbonyl (C=O) groups excluding carboxylic acids is 3. The highest BCUT2D eigenvalue weighted by atomic mass is 79.9. The molecule has 11 heteroatoms. The van der Waals surface area contributed by atoms with Gasteiger partial charge >= 0.3 is 5.97 Å². The summed E-state index contributed by atoms with van der Waals surface area (Å²) < 4.78 is 10.3. The molecule has 0 unspecified atom stereocenters. The van der Waals surface area contributed by atoms with Crippen LogP contribution >= 0.6 is 15.9 Å². The molecule has 0 bridgehead atoms. The number of rotatable bonds is 8. The van der Waals surface area contributed by atoms with E-state index in [4.69, 9.17) is 4.74 Å². The number of hydrogen-bond acceptors (Lipinski definition) is 7. The van der Waals surface area contributed by atoms with Gasteiger partial charge in [-0.25, -0.2) is 4.79 Å². The Morgan fingerprint density at radius 1 is 1.00 bits per heavy atom. The first-order valence-corrected chi connectivity index (χ1v) is 11.1. The zero-order valence-corrected chi connectivity index (χ0v) is 20.7. The average Bonchev–Trinajstić information content (AvgIpc) is 2.88. The molecule has 10 nitrogen and oxygen atoms in total. The fraction of sp³-hybridized carbons (Fsp3) is 0.0800. The van der Waals surface area contributed by atoms with E-state index in [-0.39, 0.29) is 16.9 Å². The molecule has 0 atom stereocenters. The number of non-ortho nitro benzene ring substituents is 1. The van der Waals surface area contributed by atoms with Crippen molar-refractivity contribution in [2.45, 2.75) is 0 Å². The minimum absolute atomic E-state index is 0.174. The maximum Gasteiger partial charge on any atom is 0.337 e. The Labute approximate surface area is 214 Å². The first-order valence-electron chi connectivity index (χ1n) is 10.3. The summed E-state index contributed by atoms with van der Waals surface area (Å²) >= 11 is 3.31. The Bertz CT molecular complexity index is 1350. The van der Waals surface area contributed by atoms with Gasteiger partial charge in [0.05, 0.1) is 30.3 Å². The van der Waals surface area contributed by atoms with Gasteiger partial charge in [-0.05, 0) is 70.0 Å². The number of halogens is 1. The lowest BCUT2D eigenvalue weighted by Crippen LogP contribution is -2.31. The largest absolute Gasteiger partial charge is 0.497 e. The Morgan fingerprint density at radius 2 is 1.72 bits per heavy atom. The van der Waals surface area contributed by atoms with Crippen LogP contribution in [-0.4, -0.2) is 36.9 Å². The second kappa shape index (κ2) is 11.8. The maximum atomic E-state index is 13.1. The minimum Gasteiger partial charge on any atom is -0.497 e. The molecule has 0 aliphatic heterocycles. The smallest absolute Gasteiger partial charge is 0.337 e. The average molecular weight is 554 g/mol. The van der Waals surface area contributed by atoms with Crippen molar-refractivity contribution in [2.24, 2.45) is 0 Å². The third-order valence-electron chi connectivity index (χ3n) is 4.87. The molecule has 0 radical (unpaired) electrons. The second-order valence-corrected chi connectivity index (χ2v) is 8.09. The van der Waals surface area contributed by atoms with Crippen molar-refractivity contribution in [3.05, 3.63) is 104 Å². The van der Waals surface area contributed by atoms with Gasteiger partial charge in [-0.15, -0.1) is 0 Å². The van der Waals surface area contributed by atoms with Crippen LogP contribution < -0.4 is 15.4 Å². The van der Waals surface area contributed by atoms with Gasteiger partial charge in [0.1, 0.15) is 11.4 Å². The highest BCUT2D eigenvalue weighted by molar-refractivity contribution is 9.10. The summed E-state index contributed by atoms with van der Waals surface area (Å²) in [5.41, 5.74) is 0.805. The number of methoxy groups -OCH3 is 2. The van der Waals surface area contributed by atoms with Crippen molar-refractivity contribution in [1.82, 2.24) is 5.32 Å². The first-order chi connectivity index (χ1) is 17.2. The van der Waals surface area contributed by atoms with Crippen LogP contribution in [0.5, 0.6) is 5.75 Å². The number of nitrogens with one attached hydrogen (secondary N) is 2. The summed E-state index contributed by atoms with van der Waals surface area (Å²) in [6.45, 7) is 0. The molecule has 2 amide bonds. The molecule has 0 heterocycles. The van der Waals surface area contributed by atoms with Crippen LogP contribution in [0.15, 0.2) is 76.9 Å². The van der Waals surface area contributed by atoms with Gasteiger partial charge in [-0.1, -0.05) is 12.1 Å². The van der Waals surface area contributed by atoms with Crippen LogP contribution in [0.3, 0.4) is 0 Å². The predicted molar refractivity (Wildman–Crippen MR) is 136 cm³/mol. The van der Waals surface area contributed by atoms with Gasteiger partial charge in [0.15, 0.2) is 0 Å². The Morgan fingerprint density at radius 3 is 2.36 bits per heavy atom. The zero-order chi connectivity index (χ0) is 26.2. The van der Waals surface area contributed by atoms with E-state index in [1.807, 2.05) is 0 Å². The molecule has 0 saturated carbocycles. The SMILES string of the molecule is COC(=O)c1ccc(NC(=O)C(=Cc2cccc([N+](=O)[O-])c2)NC(=O)c2cc(OC)ccc2Br)cc1. The molecule has 36 heavy (non-hydrogen) atoms. The number of hydrogen-bond donors (Lipinski definition) is 2. The van der Waals surface area contributed by atoms with E-state index < -0.39 is 22.7 Å². The number of nitro groups is 1. The summed E-state index contributed by atoms with van der Waals surface area (Å²) in [6, 6.07) is 16.3. The molecule has 3 aromatic rings. The maximum absolute atomic E-state index is 13.1. The van der Waals surface area contributed by atoms with Crippen molar-refractivity contribution in [3.63, 3.8) is 0 Å². The number of carbonyl (C=O) groups is 3. The van der Waals surface area contributed by atoms with E-state index in [0.717, 1.165) is 0 Å². The van der Waals surface area contributed by atoms with Crippen molar-refractivity contribution < 1.29 is 28.8 Å². The third kappa shape index (κ3) is 6.54. The van der Waals surface area contributed by atoms with Gasteiger partial charge < -0.3 is 20.1 Å². The summed E-state index contributed by atoms with van der Waals surface area (Å²) in [7, 11) is 2.71. The fourth-order valence-corrected chi connectivity index (χ4v) is 3.48. The van der Waals surface area contributed by atoms with Crippen LogP contribution in [0.25, 0.3) is 6.08 Å². The van der Waals surface area contributed by atoms with Crippen molar-refractivity contribution in [1.29, 1.82) is 0 Å². The predicted octanol–water partition coefficient (Wildman–Crippen LogP) is 4.56. The van der Waals surface area contributed by atoms with E-state index in [9.17, 15) is 24.5 Å². The summed E-state index contributed by atoms with van der Waals surface area (Å²) in [4.78, 5) is 48.4. The number of esters is 1. The van der Waals surface area contributed by atoms with Crippen molar-refractivity contribution >= 4 is 51.2 Å². The summed E-state index contributed by atoms with van der Waals surface area (Å²) in [5, 5.41) is 16.4. The van der Waals surface area contributed by atoms with Crippen LogP contribution in [0.4, 0.5) is 11.4 Å². The summed E-state index contributed by atoms with van der Waals surface area (Å²) in [5.74, 6) is -1.41. The van der Waals surface area contributed by atoms with E-state index in [2.05, 4.69) is 31.3 Å². The van der Waals surface area contributed by atoms with Crippen LogP contribution in [0, 0.1) is 10.1 Å². The number of amides is 2. The first kappa shape index (κ1) is 26.1. The zero-order valence-electron chi connectivity index (χ0n) is 19.1. The number of benzene rings is 3. The molecule has 0 aromatic heterocycles. The standard InChI is InChI=1S/C25H20BrN3O7/c1-35-19-10-11-21(26)20(14-19)23(30)28-22(13-15-4-3-5-18(12-15)29(33)34)24(31)27-17-8-6-16(7-9-17)25(32)36-2/h3-14H,1-2H3,(H,27,31)(H,28,30). The molecule has 0 spiro atoms. The van der Waals surface area contributed by atoms with Crippen LogP contribution in [0.1, 0.15) is 26.3 Å². The van der Waals surface area contributed by atoms with Gasteiger partial charge in [-0.2, -0.15) is 0 Å². The number of ether oxygens (including phenoxy) is 2. The van der Waals surface area contributed by atoms with Crippen LogP contribution in [0.2, 0.25) is 0 Å². The molecule has 2 N–H and O–H groups in total. The molecule has 184 valence electrons. The summed E-state index contributed by atoms with van der Waals surface area (Å²) in [6.07, 6.45) is 1.32. The number of anilines is 1. The molecule has 3 aromatic carbocycles.